The number of hydrogen-bond acceptors (Lipinski definition) is 2. The molecule has 1 rings (SSSR count). The van der Waals surface area contributed by atoms with Crippen molar-refractivity contribution in [2.45, 2.75) is 19.4 Å². The van der Waals surface area contributed by atoms with E-state index in [1.54, 1.807) is 6.08 Å². The molecule has 0 fully saturated rings. The molecule has 1 aromatic rings. The number of nitrogens with one attached hydrogen (secondary N) is 1. The highest BCUT2D eigenvalue weighted by Crippen LogP contribution is 2.14. The Kier molecular flexibility index (Phi) is 3.92. The van der Waals surface area contributed by atoms with Crippen molar-refractivity contribution >= 4 is 11.6 Å². The second-order valence-electron chi connectivity index (χ2n) is 3.45. The van der Waals surface area contributed by atoms with E-state index in [1.165, 1.54) is 0 Å². The first-order valence-corrected chi connectivity index (χ1v) is 4.89. The Balaban J connectivity index is 2.60. The molecular weight excluding hydrogens is 188 g/mol. The van der Waals surface area contributed by atoms with E-state index in [9.17, 15) is 4.79 Å². The first-order valence-electron chi connectivity index (χ1n) is 4.89. The maximum atomic E-state index is 11.3. The topological polar surface area (TPSA) is 55.1 Å². The van der Waals surface area contributed by atoms with Gasteiger partial charge in [-0.2, -0.15) is 0 Å². The third-order valence-electron chi connectivity index (χ3n) is 2.14. The Hall–Kier alpha value is -1.77. The van der Waals surface area contributed by atoms with Gasteiger partial charge in [-0.05, 0) is 24.6 Å². The molecule has 0 aliphatic carbocycles. The minimum atomic E-state index is -0.0191. The molecule has 1 atom stereocenters. The molecule has 1 amide bonds. The van der Waals surface area contributed by atoms with Crippen molar-refractivity contribution in [3.05, 3.63) is 42.5 Å². The van der Waals surface area contributed by atoms with Gasteiger partial charge < -0.3 is 11.1 Å². The lowest BCUT2D eigenvalue weighted by Gasteiger charge is -2.13. The number of carbonyl (C=O) groups excluding carboxylic acids is 1. The number of nitrogen functional groups attached to an aromatic ring is 1. The Morgan fingerprint density at radius 2 is 2.13 bits per heavy atom. The van der Waals surface area contributed by atoms with E-state index >= 15 is 0 Å². The van der Waals surface area contributed by atoms with Crippen molar-refractivity contribution in [3.8, 4) is 0 Å². The summed E-state index contributed by atoms with van der Waals surface area (Å²) in [5, 5.41) is 2.87. The maximum absolute atomic E-state index is 11.3. The Bertz CT molecular complexity index is 343. The predicted molar refractivity (Wildman–Crippen MR) is 62.2 cm³/mol. The molecule has 0 heterocycles. The number of benzene rings is 1. The number of nitrogens with two attached hydrogens (primary N) is 1. The van der Waals surface area contributed by atoms with Crippen molar-refractivity contribution in [1.82, 2.24) is 5.32 Å². The summed E-state index contributed by atoms with van der Waals surface area (Å²) < 4.78 is 0. The van der Waals surface area contributed by atoms with E-state index in [1.807, 2.05) is 31.2 Å². The van der Waals surface area contributed by atoms with Crippen molar-refractivity contribution in [2.24, 2.45) is 0 Å². The fourth-order valence-electron chi connectivity index (χ4n) is 1.30. The van der Waals surface area contributed by atoms with Crippen molar-refractivity contribution in [3.63, 3.8) is 0 Å². The molecule has 0 spiro atoms. The average Bonchev–Trinajstić information content (AvgIpc) is 2.18. The molecule has 80 valence electrons. The largest absolute Gasteiger partial charge is 0.399 e. The number of carbonyl (C=O) groups is 1. The molecule has 0 bridgehead atoms. The molecule has 0 aliphatic rings. The highest BCUT2D eigenvalue weighted by Gasteiger charge is 2.07. The lowest BCUT2D eigenvalue weighted by atomic mass is 10.1. The van der Waals surface area contributed by atoms with E-state index in [2.05, 4.69) is 11.9 Å². The van der Waals surface area contributed by atoms with Crippen LogP contribution in [0, 0.1) is 0 Å². The fourth-order valence-corrected chi connectivity index (χ4v) is 1.30. The minimum Gasteiger partial charge on any atom is -0.399 e. The molecule has 0 saturated carbocycles. The van der Waals surface area contributed by atoms with Crippen molar-refractivity contribution < 1.29 is 4.79 Å². The molecule has 0 saturated heterocycles. The molecule has 1 aromatic carbocycles. The van der Waals surface area contributed by atoms with Gasteiger partial charge in [-0.3, -0.25) is 4.79 Å². The van der Waals surface area contributed by atoms with E-state index in [-0.39, 0.29) is 11.9 Å². The van der Waals surface area contributed by atoms with Crippen LogP contribution in [0.5, 0.6) is 0 Å². The molecule has 3 heteroatoms. The molecule has 3 N–H and O–H groups in total. The molecule has 0 aliphatic heterocycles. The van der Waals surface area contributed by atoms with Gasteiger partial charge in [0.05, 0.1) is 6.04 Å². The van der Waals surface area contributed by atoms with Crippen LogP contribution in [0.15, 0.2) is 36.9 Å². The van der Waals surface area contributed by atoms with Gasteiger partial charge in [-0.15, -0.1) is 6.58 Å². The molecule has 15 heavy (non-hydrogen) atoms. The Morgan fingerprint density at radius 1 is 1.53 bits per heavy atom. The summed E-state index contributed by atoms with van der Waals surface area (Å²) in [5.74, 6) is -0.0191. The van der Waals surface area contributed by atoms with Crippen LogP contribution < -0.4 is 11.1 Å². The molecule has 0 aromatic heterocycles. The molecular formula is C12H16N2O. The van der Waals surface area contributed by atoms with Crippen LogP contribution in [-0.4, -0.2) is 5.91 Å². The molecule has 3 nitrogen and oxygen atoms in total. The van der Waals surface area contributed by atoms with Crippen LogP contribution >= 0.6 is 0 Å². The van der Waals surface area contributed by atoms with Crippen molar-refractivity contribution in [2.75, 3.05) is 5.73 Å². The second-order valence-corrected chi connectivity index (χ2v) is 3.45. The maximum Gasteiger partial charge on any atom is 0.224 e. The van der Waals surface area contributed by atoms with Gasteiger partial charge in [0, 0.05) is 12.1 Å². The highest BCUT2D eigenvalue weighted by molar-refractivity contribution is 5.77. The average molecular weight is 204 g/mol. The predicted octanol–water partition coefficient (Wildman–Crippen LogP) is 2.02. The standard InChI is InChI=1S/C12H16N2O/c1-3-4-12(15)14-9(2)10-5-7-11(13)8-6-10/h3,5-9H,1,4,13H2,2H3,(H,14,15). The normalized spacial score (nSPS) is 11.8. The van der Waals surface area contributed by atoms with Crippen LogP contribution in [-0.2, 0) is 4.79 Å². The van der Waals surface area contributed by atoms with Gasteiger partial charge in [-0.25, -0.2) is 0 Å². The summed E-state index contributed by atoms with van der Waals surface area (Å²) >= 11 is 0. The molecule has 1 unspecified atom stereocenters. The quantitative estimate of drug-likeness (QED) is 0.582. The van der Waals surface area contributed by atoms with Crippen LogP contribution in [0.4, 0.5) is 5.69 Å². The van der Waals surface area contributed by atoms with Crippen LogP contribution in [0.1, 0.15) is 24.9 Å². The monoisotopic (exact) mass is 204 g/mol. The first-order chi connectivity index (χ1) is 7.13. The van der Waals surface area contributed by atoms with Gasteiger partial charge in [0.25, 0.3) is 0 Å². The Morgan fingerprint density at radius 3 is 2.67 bits per heavy atom. The number of anilines is 1. The van der Waals surface area contributed by atoms with Gasteiger partial charge in [0.15, 0.2) is 0 Å². The summed E-state index contributed by atoms with van der Waals surface area (Å²) in [6.45, 7) is 5.45. The minimum absolute atomic E-state index is 0.00181. The summed E-state index contributed by atoms with van der Waals surface area (Å²) in [6, 6.07) is 7.47. The summed E-state index contributed by atoms with van der Waals surface area (Å²) in [7, 11) is 0. The third kappa shape index (κ3) is 3.46. The summed E-state index contributed by atoms with van der Waals surface area (Å²) in [6.07, 6.45) is 1.93. The lowest BCUT2D eigenvalue weighted by molar-refractivity contribution is -0.120. The van der Waals surface area contributed by atoms with Gasteiger partial charge in [0.2, 0.25) is 5.91 Å². The number of rotatable bonds is 4. The highest BCUT2D eigenvalue weighted by atomic mass is 16.1. The van der Waals surface area contributed by atoms with Crippen LogP contribution in [0.25, 0.3) is 0 Å². The van der Waals surface area contributed by atoms with Crippen LogP contribution in [0.2, 0.25) is 0 Å². The van der Waals surface area contributed by atoms with Gasteiger partial charge in [0.1, 0.15) is 0 Å². The van der Waals surface area contributed by atoms with E-state index < -0.39 is 0 Å². The number of hydrogen-bond donors (Lipinski definition) is 2. The SMILES string of the molecule is C=CCC(=O)NC(C)c1ccc(N)cc1. The van der Waals surface area contributed by atoms with Crippen LogP contribution in [0.3, 0.4) is 0 Å². The number of amides is 1. The zero-order chi connectivity index (χ0) is 11.3. The second kappa shape index (κ2) is 5.20. The molecule has 0 radical (unpaired) electrons. The Labute approximate surface area is 90.0 Å². The smallest absolute Gasteiger partial charge is 0.224 e. The third-order valence-corrected chi connectivity index (χ3v) is 2.14. The van der Waals surface area contributed by atoms with Gasteiger partial charge in [-0.1, -0.05) is 18.2 Å². The zero-order valence-corrected chi connectivity index (χ0v) is 8.86. The summed E-state index contributed by atoms with van der Waals surface area (Å²) in [5.41, 5.74) is 7.34. The summed E-state index contributed by atoms with van der Waals surface area (Å²) in [4.78, 5) is 11.3. The van der Waals surface area contributed by atoms with E-state index in [0.717, 1.165) is 11.3 Å². The lowest BCUT2D eigenvalue weighted by Crippen LogP contribution is -2.25. The van der Waals surface area contributed by atoms with E-state index in [4.69, 9.17) is 5.73 Å². The zero-order valence-electron chi connectivity index (χ0n) is 8.86. The first kappa shape index (κ1) is 11.3. The van der Waals surface area contributed by atoms with E-state index in [0.29, 0.717) is 6.42 Å². The van der Waals surface area contributed by atoms with Crippen molar-refractivity contribution in [1.29, 1.82) is 0 Å². The van der Waals surface area contributed by atoms with Gasteiger partial charge >= 0.3 is 0 Å². The fraction of sp³-hybridized carbons (Fsp3) is 0.250.